The monoisotopic (exact) mass is 960 g/mol. The Bertz CT molecular complexity index is 1850. The number of carboxylic acid groups (broad SMARTS) is 1. The van der Waals surface area contributed by atoms with E-state index >= 15 is 0 Å². The van der Waals surface area contributed by atoms with Gasteiger partial charge in [-0.1, -0.05) is 60.1 Å². The molecule has 5 aliphatic carbocycles. The molecule has 0 radical (unpaired) electrons. The zero-order valence-electron chi connectivity index (χ0n) is 39.4. The van der Waals surface area contributed by atoms with Gasteiger partial charge in [-0.25, -0.2) is 4.79 Å². The van der Waals surface area contributed by atoms with Crippen LogP contribution in [0.4, 0.5) is 0 Å². The van der Waals surface area contributed by atoms with Gasteiger partial charge in [0.15, 0.2) is 25.0 Å². The van der Waals surface area contributed by atoms with Crippen molar-refractivity contribution in [3.63, 3.8) is 0 Å². The molecule has 0 bridgehead atoms. The number of rotatable bonds is 9. The topological polar surface area (TPSA) is 335 Å². The summed E-state index contributed by atoms with van der Waals surface area (Å²) in [6, 6.07) is 0. The lowest BCUT2D eigenvalue weighted by Gasteiger charge is -2.73. The minimum absolute atomic E-state index is 0.0222. The highest BCUT2D eigenvalue weighted by Gasteiger charge is 2.74. The van der Waals surface area contributed by atoms with E-state index < -0.39 is 163 Å². The van der Waals surface area contributed by atoms with Crippen molar-refractivity contribution in [3.05, 3.63) is 11.6 Å². The lowest BCUT2D eigenvalue weighted by atomic mass is 9.32. The van der Waals surface area contributed by atoms with E-state index in [-0.39, 0.29) is 23.2 Å². The third-order valence-electron chi connectivity index (χ3n) is 19.2. The van der Waals surface area contributed by atoms with Crippen LogP contribution in [0, 0.1) is 50.2 Å². The molecule has 20 nitrogen and oxygen atoms in total. The van der Waals surface area contributed by atoms with Gasteiger partial charge >= 0.3 is 5.97 Å². The molecule has 13 N–H and O–H groups in total. The number of hydrogen-bond donors (Lipinski definition) is 13. The van der Waals surface area contributed by atoms with Gasteiger partial charge in [-0.3, -0.25) is 0 Å². The number of aliphatic carboxylic acids is 1. The van der Waals surface area contributed by atoms with Gasteiger partial charge in [0, 0.05) is 5.41 Å². The van der Waals surface area contributed by atoms with Crippen LogP contribution >= 0.6 is 0 Å². The van der Waals surface area contributed by atoms with E-state index in [9.17, 15) is 71.2 Å². The first-order valence-electron chi connectivity index (χ1n) is 24.0. The molecule has 3 heterocycles. The zero-order valence-corrected chi connectivity index (χ0v) is 39.4. The van der Waals surface area contributed by atoms with E-state index in [0.29, 0.717) is 44.9 Å². The minimum atomic E-state index is -2.09. The minimum Gasteiger partial charge on any atom is -0.479 e. The average Bonchev–Trinajstić information content (AvgIpc) is 3.25. The standard InChI is InChI=1S/C47H76O20/c1-42(2)14-20-19-8-9-24-44(5)12-11-26(43(3,4)23(44)10-13-45(24,6)46(19,7)36(58)37(59)47(20,18-49)25(51)15-42)64-41-35(67-40-31(56)29(54)28(53)22(16-48)63-40)33(32(57)34(66-41)38(60)61)65-39-30(55)27(52)21(50)17-62-39/h8,20-37,39-41,48-59H,9-18H2,1-7H3,(H,60,61)/t20-,21-,22+,23-,24+,25-,26-,27-,28+,29-,30+,31+,32-,33-,34-,35+,36-,37+,39-,40-,41+,44-,45+,46-,47+/m0/s1. The molecule has 3 aliphatic heterocycles. The van der Waals surface area contributed by atoms with Crippen molar-refractivity contribution < 1.29 is 99.6 Å². The molecule has 7 fully saturated rings. The number of hydrogen-bond acceptors (Lipinski definition) is 19. The number of carboxylic acids is 1. The Morgan fingerprint density at radius 1 is 0.701 bits per heavy atom. The molecule has 0 spiro atoms. The van der Waals surface area contributed by atoms with Crippen LogP contribution in [0.1, 0.15) is 93.4 Å². The Hall–Kier alpha value is -1.51. The normalized spacial score (nSPS) is 55.0. The maximum atomic E-state index is 12.8. The van der Waals surface area contributed by atoms with Crippen LogP contribution in [-0.2, 0) is 33.2 Å². The summed E-state index contributed by atoms with van der Waals surface area (Å²) in [6.07, 6.45) is -23.6. The number of ether oxygens (including phenoxy) is 6. The molecule has 0 aromatic heterocycles. The predicted molar refractivity (Wildman–Crippen MR) is 229 cm³/mol. The maximum Gasteiger partial charge on any atom is 0.335 e. The van der Waals surface area contributed by atoms with Crippen LogP contribution in [0.5, 0.6) is 0 Å². The van der Waals surface area contributed by atoms with Crippen molar-refractivity contribution in [2.75, 3.05) is 19.8 Å². The number of allylic oxidation sites excluding steroid dienone is 1. The van der Waals surface area contributed by atoms with Crippen molar-refractivity contribution in [1.29, 1.82) is 0 Å². The van der Waals surface area contributed by atoms with Crippen LogP contribution in [0.25, 0.3) is 0 Å². The number of aliphatic hydroxyl groups is 12. The molecule has 20 heteroatoms. The summed E-state index contributed by atoms with van der Waals surface area (Å²) in [7, 11) is 0. The van der Waals surface area contributed by atoms with Gasteiger partial charge in [0.1, 0.15) is 61.0 Å². The quantitative estimate of drug-likeness (QED) is 0.0901. The summed E-state index contributed by atoms with van der Waals surface area (Å²) in [5.41, 5.74) is -3.21. The largest absolute Gasteiger partial charge is 0.479 e. The summed E-state index contributed by atoms with van der Waals surface area (Å²) in [4.78, 5) is 12.8. The molecule has 0 aromatic carbocycles. The Labute approximate surface area is 390 Å². The molecule has 0 unspecified atom stereocenters. The fraction of sp³-hybridized carbons (Fsp3) is 0.936. The fourth-order valence-corrected chi connectivity index (χ4v) is 15.2. The van der Waals surface area contributed by atoms with Crippen molar-refractivity contribution in [2.24, 2.45) is 50.2 Å². The Balaban J connectivity index is 1.12. The first kappa shape index (κ1) is 51.8. The molecule has 4 saturated carbocycles. The van der Waals surface area contributed by atoms with Gasteiger partial charge < -0.3 is 94.8 Å². The molecule has 8 aliphatic rings. The van der Waals surface area contributed by atoms with Crippen molar-refractivity contribution in [2.45, 2.75) is 204 Å². The highest BCUT2D eigenvalue weighted by Crippen LogP contribution is 2.76. The van der Waals surface area contributed by atoms with Gasteiger partial charge in [0.2, 0.25) is 0 Å². The first-order valence-corrected chi connectivity index (χ1v) is 24.0. The fourth-order valence-electron chi connectivity index (χ4n) is 15.2. The third kappa shape index (κ3) is 7.73. The lowest BCUT2D eigenvalue weighted by Crippen LogP contribution is -2.74. The highest BCUT2D eigenvalue weighted by atomic mass is 16.8. The lowest BCUT2D eigenvalue weighted by molar-refractivity contribution is -0.392. The maximum absolute atomic E-state index is 12.8. The molecular weight excluding hydrogens is 884 g/mol. The van der Waals surface area contributed by atoms with Crippen molar-refractivity contribution in [3.8, 4) is 0 Å². The molecule has 384 valence electrons. The van der Waals surface area contributed by atoms with Crippen LogP contribution in [0.2, 0.25) is 0 Å². The van der Waals surface area contributed by atoms with Gasteiger partial charge in [0.25, 0.3) is 0 Å². The van der Waals surface area contributed by atoms with E-state index in [1.165, 1.54) is 0 Å². The molecule has 0 amide bonds. The second-order valence-corrected chi connectivity index (χ2v) is 23.4. The summed E-state index contributed by atoms with van der Waals surface area (Å²) < 4.78 is 36.2. The molecule has 0 aromatic rings. The second-order valence-electron chi connectivity index (χ2n) is 23.4. The van der Waals surface area contributed by atoms with E-state index in [1.54, 1.807) is 0 Å². The van der Waals surface area contributed by atoms with Crippen LogP contribution in [0.15, 0.2) is 11.6 Å². The molecule has 3 saturated heterocycles. The Morgan fingerprint density at radius 2 is 1.36 bits per heavy atom. The highest BCUT2D eigenvalue weighted by molar-refractivity contribution is 5.73. The Kier molecular flexibility index (Phi) is 13.9. The summed E-state index contributed by atoms with van der Waals surface area (Å²) in [6.45, 7) is 13.0. The predicted octanol–water partition coefficient (Wildman–Crippen LogP) is -1.74. The first-order chi connectivity index (χ1) is 31.2. The molecule has 25 atom stereocenters. The van der Waals surface area contributed by atoms with Crippen molar-refractivity contribution >= 4 is 5.97 Å². The van der Waals surface area contributed by atoms with Gasteiger partial charge in [-0.05, 0) is 84.4 Å². The van der Waals surface area contributed by atoms with Crippen molar-refractivity contribution in [1.82, 2.24) is 0 Å². The molecular formula is C47H76O20. The Morgan fingerprint density at radius 3 is 2.00 bits per heavy atom. The summed E-state index contributed by atoms with van der Waals surface area (Å²) in [5.74, 6) is -2.08. The molecule has 8 rings (SSSR count). The second kappa shape index (κ2) is 17.9. The van der Waals surface area contributed by atoms with Crippen LogP contribution in [0.3, 0.4) is 0 Å². The summed E-state index contributed by atoms with van der Waals surface area (Å²) in [5, 5.41) is 143. The van der Waals surface area contributed by atoms with E-state index in [4.69, 9.17) is 28.4 Å². The van der Waals surface area contributed by atoms with Crippen LogP contribution in [-0.4, -0.2) is 203 Å². The zero-order chi connectivity index (χ0) is 49.3. The van der Waals surface area contributed by atoms with E-state index in [2.05, 4.69) is 33.8 Å². The SMILES string of the molecule is CC1(C)C[C@H](O)[C@]2(CO)[C@H](O)[C@H](O)[C@]3(C)C(=CC[C@@H]4[C@@]5(C)CC[C@H](O[C@@H]6O[C@H](C(=O)O)[C@@H](O)[C@H](O[C@@H]7OC[C@H](O)[C@H](O)[C@H]7O)[C@H]6O[C@@H]6O[C@H](CO)[C@@H](O)[C@H](O)[C@H]6O)C(C)(C)[C@@H]5CC[C@]43C)[C@@H]2C1. The van der Waals surface area contributed by atoms with Gasteiger partial charge in [-0.15, -0.1) is 0 Å². The van der Waals surface area contributed by atoms with E-state index in [0.717, 1.165) is 5.57 Å². The van der Waals surface area contributed by atoms with Crippen LogP contribution < -0.4 is 0 Å². The summed E-state index contributed by atoms with van der Waals surface area (Å²) >= 11 is 0. The van der Waals surface area contributed by atoms with Gasteiger partial charge in [-0.2, -0.15) is 0 Å². The molecule has 67 heavy (non-hydrogen) atoms. The number of aliphatic hydroxyl groups excluding tert-OH is 12. The number of fused-ring (bicyclic) bond motifs is 7. The average molecular weight is 961 g/mol. The van der Waals surface area contributed by atoms with Gasteiger partial charge in [0.05, 0.1) is 49.7 Å². The third-order valence-corrected chi connectivity index (χ3v) is 19.2. The van der Waals surface area contributed by atoms with E-state index in [1.807, 2.05) is 20.8 Å². The smallest absolute Gasteiger partial charge is 0.335 e. The number of carbonyl (C=O) groups is 1.